The maximum absolute atomic E-state index is 13.1. The number of aromatic nitrogens is 1. The van der Waals surface area contributed by atoms with E-state index in [1.807, 2.05) is 24.3 Å². The molecule has 0 N–H and O–H groups in total. The van der Waals surface area contributed by atoms with E-state index in [4.69, 9.17) is 0 Å². The summed E-state index contributed by atoms with van der Waals surface area (Å²) < 4.78 is 14.6. The number of carbonyl (C=O) groups is 1. The van der Waals surface area contributed by atoms with Crippen LogP contribution in [0.25, 0.3) is 10.2 Å². The molecule has 6 heteroatoms. The fourth-order valence-corrected chi connectivity index (χ4v) is 3.38. The van der Waals surface area contributed by atoms with E-state index in [-0.39, 0.29) is 11.7 Å². The minimum Gasteiger partial charge on any atom is -0.287 e. The molecule has 0 spiro atoms. The van der Waals surface area contributed by atoms with Crippen LogP contribution in [0.3, 0.4) is 0 Å². The minimum absolute atomic E-state index is 0.235. The molecule has 0 unspecified atom stereocenters. The molecule has 1 aromatic heterocycles. The molecule has 21 heavy (non-hydrogen) atoms. The Hall–Kier alpha value is -1.79. The van der Waals surface area contributed by atoms with Crippen LogP contribution >= 0.6 is 27.3 Å². The molecule has 0 radical (unpaired) electrons. The highest BCUT2D eigenvalue weighted by molar-refractivity contribution is 9.10. The smallest absolute Gasteiger partial charge is 0.260 e. The molecule has 3 aromatic rings. The highest BCUT2D eigenvalue weighted by Crippen LogP contribution is 2.29. The number of halogens is 2. The molecule has 1 amide bonds. The SMILES string of the molecule is CN(C(=O)c1ccc(F)cc1Br)c1nc2ccccc2s1. The van der Waals surface area contributed by atoms with Crippen molar-refractivity contribution in [3.8, 4) is 0 Å². The minimum atomic E-state index is -0.388. The van der Waals surface area contributed by atoms with Gasteiger partial charge in [-0.05, 0) is 46.3 Å². The predicted molar refractivity (Wildman–Crippen MR) is 86.5 cm³/mol. The second-order valence-corrected chi connectivity index (χ2v) is 6.32. The van der Waals surface area contributed by atoms with Crippen molar-refractivity contribution in [1.82, 2.24) is 4.98 Å². The van der Waals surface area contributed by atoms with Crippen LogP contribution in [0.15, 0.2) is 46.9 Å². The number of hydrogen-bond acceptors (Lipinski definition) is 3. The van der Waals surface area contributed by atoms with Crippen LogP contribution in [0.5, 0.6) is 0 Å². The van der Waals surface area contributed by atoms with Crippen molar-refractivity contribution < 1.29 is 9.18 Å². The van der Waals surface area contributed by atoms with Crippen LogP contribution in [-0.2, 0) is 0 Å². The third-order valence-electron chi connectivity index (χ3n) is 3.04. The Bertz CT molecular complexity index is 800. The van der Waals surface area contributed by atoms with Gasteiger partial charge in [-0.3, -0.25) is 9.69 Å². The van der Waals surface area contributed by atoms with Gasteiger partial charge in [-0.25, -0.2) is 9.37 Å². The largest absolute Gasteiger partial charge is 0.287 e. The Balaban J connectivity index is 1.97. The topological polar surface area (TPSA) is 33.2 Å². The van der Waals surface area contributed by atoms with E-state index >= 15 is 0 Å². The van der Waals surface area contributed by atoms with Crippen molar-refractivity contribution in [3.63, 3.8) is 0 Å². The third-order valence-corrected chi connectivity index (χ3v) is 4.80. The number of amides is 1. The molecule has 0 aliphatic rings. The molecule has 2 aromatic carbocycles. The number of carbonyl (C=O) groups excluding carboxylic acids is 1. The zero-order chi connectivity index (χ0) is 15.0. The number of hydrogen-bond donors (Lipinski definition) is 0. The van der Waals surface area contributed by atoms with Crippen LogP contribution in [0.4, 0.5) is 9.52 Å². The highest BCUT2D eigenvalue weighted by atomic mass is 79.9. The highest BCUT2D eigenvalue weighted by Gasteiger charge is 2.19. The van der Waals surface area contributed by atoms with E-state index in [2.05, 4.69) is 20.9 Å². The number of nitrogens with zero attached hydrogens (tertiary/aromatic N) is 2. The van der Waals surface area contributed by atoms with Crippen molar-refractivity contribution in [2.75, 3.05) is 11.9 Å². The number of benzene rings is 2. The number of thiazole rings is 1. The number of para-hydroxylation sites is 1. The van der Waals surface area contributed by atoms with Crippen LogP contribution in [0.2, 0.25) is 0 Å². The summed E-state index contributed by atoms with van der Waals surface area (Å²) in [5, 5.41) is 0.609. The first-order valence-electron chi connectivity index (χ1n) is 6.15. The first-order valence-corrected chi connectivity index (χ1v) is 7.76. The zero-order valence-electron chi connectivity index (χ0n) is 11.0. The van der Waals surface area contributed by atoms with Gasteiger partial charge in [-0.15, -0.1) is 0 Å². The Morgan fingerprint density at radius 2 is 2.05 bits per heavy atom. The molecule has 3 nitrogen and oxygen atoms in total. The van der Waals surface area contributed by atoms with Gasteiger partial charge < -0.3 is 0 Å². The fourth-order valence-electron chi connectivity index (χ4n) is 1.93. The normalized spacial score (nSPS) is 10.8. The Morgan fingerprint density at radius 3 is 2.76 bits per heavy atom. The average Bonchev–Trinajstić information content (AvgIpc) is 2.89. The van der Waals surface area contributed by atoms with E-state index in [1.165, 1.54) is 34.4 Å². The molecule has 106 valence electrons. The quantitative estimate of drug-likeness (QED) is 0.671. The second kappa shape index (κ2) is 5.54. The molecule has 0 aliphatic carbocycles. The lowest BCUT2D eigenvalue weighted by Crippen LogP contribution is -2.26. The van der Waals surface area contributed by atoms with Gasteiger partial charge in [0.2, 0.25) is 0 Å². The van der Waals surface area contributed by atoms with Crippen molar-refractivity contribution in [2.24, 2.45) is 0 Å². The Labute approximate surface area is 133 Å². The summed E-state index contributed by atoms with van der Waals surface area (Å²) in [5.41, 5.74) is 1.26. The van der Waals surface area contributed by atoms with Gasteiger partial charge in [0, 0.05) is 11.5 Å². The summed E-state index contributed by atoms with van der Waals surface area (Å²) >= 11 is 4.66. The average molecular weight is 365 g/mol. The summed E-state index contributed by atoms with van der Waals surface area (Å²) in [6.45, 7) is 0. The lowest BCUT2D eigenvalue weighted by atomic mass is 10.2. The lowest BCUT2D eigenvalue weighted by molar-refractivity contribution is 0.0992. The van der Waals surface area contributed by atoms with Gasteiger partial charge in [0.1, 0.15) is 5.82 Å². The standard InChI is InChI=1S/C15H10BrFN2OS/c1-19(14(20)10-7-6-9(17)8-11(10)16)15-18-12-4-2-3-5-13(12)21-15/h2-8H,1H3. The third kappa shape index (κ3) is 2.69. The number of rotatable bonds is 2. The molecule has 0 bridgehead atoms. The van der Waals surface area contributed by atoms with Gasteiger partial charge in [0.25, 0.3) is 5.91 Å². The Kier molecular flexibility index (Phi) is 3.73. The van der Waals surface area contributed by atoms with Gasteiger partial charge in [-0.2, -0.15) is 0 Å². The molecule has 0 saturated carbocycles. The zero-order valence-corrected chi connectivity index (χ0v) is 13.4. The maximum Gasteiger partial charge on any atom is 0.260 e. The molecule has 0 fully saturated rings. The molecular formula is C15H10BrFN2OS. The molecule has 3 rings (SSSR count). The van der Waals surface area contributed by atoms with Crippen molar-refractivity contribution in [2.45, 2.75) is 0 Å². The van der Waals surface area contributed by atoms with Gasteiger partial charge in [0.05, 0.1) is 15.8 Å². The molecule has 0 aliphatic heterocycles. The van der Waals surface area contributed by atoms with Gasteiger partial charge in [0.15, 0.2) is 5.13 Å². The molecule has 0 saturated heterocycles. The molecule has 1 heterocycles. The van der Waals surface area contributed by atoms with Crippen LogP contribution in [0.1, 0.15) is 10.4 Å². The van der Waals surface area contributed by atoms with E-state index in [0.29, 0.717) is 15.2 Å². The van der Waals surface area contributed by atoms with E-state index in [1.54, 1.807) is 7.05 Å². The fraction of sp³-hybridized carbons (Fsp3) is 0.0667. The Morgan fingerprint density at radius 1 is 1.29 bits per heavy atom. The van der Waals surface area contributed by atoms with Crippen molar-refractivity contribution in [1.29, 1.82) is 0 Å². The molecular weight excluding hydrogens is 355 g/mol. The van der Waals surface area contributed by atoms with Crippen LogP contribution in [0, 0.1) is 5.82 Å². The van der Waals surface area contributed by atoms with Crippen LogP contribution in [-0.4, -0.2) is 17.9 Å². The monoisotopic (exact) mass is 364 g/mol. The van der Waals surface area contributed by atoms with Crippen LogP contribution < -0.4 is 4.90 Å². The summed E-state index contributed by atoms with van der Waals surface area (Å²) in [5.74, 6) is -0.623. The van der Waals surface area contributed by atoms with Crippen molar-refractivity contribution in [3.05, 3.63) is 58.3 Å². The summed E-state index contributed by atoms with van der Waals surface area (Å²) in [4.78, 5) is 18.4. The summed E-state index contributed by atoms with van der Waals surface area (Å²) in [6.07, 6.45) is 0. The summed E-state index contributed by atoms with van der Waals surface area (Å²) in [7, 11) is 1.66. The number of fused-ring (bicyclic) bond motifs is 1. The maximum atomic E-state index is 13.1. The van der Waals surface area contributed by atoms with Crippen molar-refractivity contribution >= 4 is 48.5 Å². The first kappa shape index (κ1) is 14.2. The number of anilines is 1. The van der Waals surface area contributed by atoms with E-state index in [0.717, 1.165) is 10.2 Å². The van der Waals surface area contributed by atoms with Gasteiger partial charge in [-0.1, -0.05) is 23.5 Å². The van der Waals surface area contributed by atoms with E-state index < -0.39 is 0 Å². The molecule has 0 atom stereocenters. The predicted octanol–water partition coefficient (Wildman–Crippen LogP) is 4.47. The first-order chi connectivity index (χ1) is 10.1. The lowest BCUT2D eigenvalue weighted by Gasteiger charge is -2.14. The second-order valence-electron chi connectivity index (χ2n) is 4.45. The van der Waals surface area contributed by atoms with E-state index in [9.17, 15) is 9.18 Å². The van der Waals surface area contributed by atoms with Gasteiger partial charge >= 0.3 is 0 Å². The summed E-state index contributed by atoms with van der Waals surface area (Å²) in [6, 6.07) is 11.7.